The molecule has 4 nitrogen and oxygen atoms in total. The van der Waals surface area contributed by atoms with Crippen LogP contribution in [0, 0.1) is 0 Å². The fourth-order valence-electron chi connectivity index (χ4n) is 3.64. The van der Waals surface area contributed by atoms with Crippen LogP contribution in [0.1, 0.15) is 47.7 Å². The van der Waals surface area contributed by atoms with E-state index in [9.17, 15) is 4.79 Å². The van der Waals surface area contributed by atoms with Gasteiger partial charge < -0.3 is 15.1 Å². The van der Waals surface area contributed by atoms with Crippen LogP contribution in [0.5, 0.6) is 0 Å². The second-order valence-corrected chi connectivity index (χ2v) is 6.58. The van der Waals surface area contributed by atoms with E-state index in [2.05, 4.69) is 29.3 Å². The van der Waals surface area contributed by atoms with Crippen LogP contribution in [0.4, 0.5) is 0 Å². The lowest BCUT2D eigenvalue weighted by Gasteiger charge is -2.36. The lowest BCUT2D eigenvalue weighted by Crippen LogP contribution is -2.45. The molecule has 0 unspecified atom stereocenters. The molecule has 0 spiro atoms. The summed E-state index contributed by atoms with van der Waals surface area (Å²) in [5, 5.41) is 3.33. The van der Waals surface area contributed by atoms with Crippen molar-refractivity contribution in [1.29, 1.82) is 0 Å². The Bertz CT molecular complexity index is 535. The number of nitrogens with one attached hydrogen (secondary N) is 1. The van der Waals surface area contributed by atoms with E-state index in [0.717, 1.165) is 44.6 Å². The monoisotopic (exact) mass is 301 g/mol. The van der Waals surface area contributed by atoms with Crippen molar-refractivity contribution in [2.24, 2.45) is 0 Å². The van der Waals surface area contributed by atoms with E-state index in [0.29, 0.717) is 6.04 Å². The molecule has 1 saturated heterocycles. The molecule has 0 atom stereocenters. The summed E-state index contributed by atoms with van der Waals surface area (Å²) in [6.45, 7) is 7.45. The largest absolute Gasteiger partial charge is 0.339 e. The molecule has 3 rings (SSSR count). The average molecular weight is 301 g/mol. The average Bonchev–Trinajstić information content (AvgIpc) is 3.02. The Morgan fingerprint density at radius 2 is 2.00 bits per heavy atom. The molecule has 2 heterocycles. The van der Waals surface area contributed by atoms with Gasteiger partial charge in [0.25, 0.3) is 5.91 Å². The molecule has 2 aliphatic rings. The Labute approximate surface area is 133 Å². The van der Waals surface area contributed by atoms with Gasteiger partial charge in [-0.2, -0.15) is 0 Å². The molecule has 22 heavy (non-hydrogen) atoms. The van der Waals surface area contributed by atoms with Gasteiger partial charge in [-0.3, -0.25) is 4.79 Å². The maximum atomic E-state index is 12.7. The Balaban J connectivity index is 1.62. The van der Waals surface area contributed by atoms with Crippen molar-refractivity contribution in [2.75, 3.05) is 26.7 Å². The standard InChI is InChI=1S/C18H27N3O/c1-3-8-21-9-6-17(7-10-21)20(2)18(22)14-4-5-15-12-19-13-16(15)11-14/h4-5,11,17,19H,3,6-10,12-13H2,1-2H3. The predicted molar refractivity (Wildman–Crippen MR) is 88.8 cm³/mol. The molecule has 0 saturated carbocycles. The molecule has 0 aliphatic carbocycles. The number of piperidine rings is 1. The highest BCUT2D eigenvalue weighted by molar-refractivity contribution is 5.94. The van der Waals surface area contributed by atoms with Crippen molar-refractivity contribution >= 4 is 5.91 Å². The van der Waals surface area contributed by atoms with Gasteiger partial charge in [-0.15, -0.1) is 0 Å². The van der Waals surface area contributed by atoms with Gasteiger partial charge in [-0.1, -0.05) is 13.0 Å². The number of hydrogen-bond acceptors (Lipinski definition) is 3. The molecule has 1 aromatic rings. The topological polar surface area (TPSA) is 35.6 Å². The highest BCUT2D eigenvalue weighted by atomic mass is 16.2. The third kappa shape index (κ3) is 3.18. The number of carbonyl (C=O) groups is 1. The Hall–Kier alpha value is -1.39. The lowest BCUT2D eigenvalue weighted by atomic mass is 10.0. The normalized spacial score (nSPS) is 19.2. The number of likely N-dealkylation sites (tertiary alicyclic amines) is 1. The minimum Gasteiger partial charge on any atom is -0.339 e. The van der Waals surface area contributed by atoms with Gasteiger partial charge >= 0.3 is 0 Å². The van der Waals surface area contributed by atoms with Crippen LogP contribution in [0.3, 0.4) is 0 Å². The van der Waals surface area contributed by atoms with Gasteiger partial charge in [0.2, 0.25) is 0 Å². The minimum atomic E-state index is 0.170. The highest BCUT2D eigenvalue weighted by Crippen LogP contribution is 2.21. The van der Waals surface area contributed by atoms with E-state index < -0.39 is 0 Å². The SMILES string of the molecule is CCCN1CCC(N(C)C(=O)c2ccc3c(c2)CNC3)CC1. The summed E-state index contributed by atoms with van der Waals surface area (Å²) in [7, 11) is 1.97. The van der Waals surface area contributed by atoms with Gasteiger partial charge in [-0.25, -0.2) is 0 Å². The molecule has 0 radical (unpaired) electrons. The second-order valence-electron chi connectivity index (χ2n) is 6.58. The molecular formula is C18H27N3O. The number of carbonyl (C=O) groups excluding carboxylic acids is 1. The number of hydrogen-bond donors (Lipinski definition) is 1. The third-order valence-corrected chi connectivity index (χ3v) is 5.05. The molecular weight excluding hydrogens is 274 g/mol. The van der Waals surface area contributed by atoms with Crippen LogP contribution in [0.15, 0.2) is 18.2 Å². The van der Waals surface area contributed by atoms with Crippen molar-refractivity contribution < 1.29 is 4.79 Å². The van der Waals surface area contributed by atoms with Crippen LogP contribution in [0.2, 0.25) is 0 Å². The maximum Gasteiger partial charge on any atom is 0.253 e. The first kappa shape index (κ1) is 15.5. The number of nitrogens with zero attached hydrogens (tertiary/aromatic N) is 2. The van der Waals surface area contributed by atoms with Crippen LogP contribution in [-0.4, -0.2) is 48.4 Å². The maximum absolute atomic E-state index is 12.7. The summed E-state index contributed by atoms with van der Waals surface area (Å²) in [5.41, 5.74) is 3.44. The fraction of sp³-hybridized carbons (Fsp3) is 0.611. The van der Waals surface area contributed by atoms with Crippen molar-refractivity contribution in [3.63, 3.8) is 0 Å². The summed E-state index contributed by atoms with van der Waals surface area (Å²) in [6.07, 6.45) is 3.39. The minimum absolute atomic E-state index is 0.170. The van der Waals surface area contributed by atoms with Crippen LogP contribution in [-0.2, 0) is 13.1 Å². The van der Waals surface area contributed by atoms with E-state index in [1.807, 2.05) is 18.0 Å². The first-order valence-electron chi connectivity index (χ1n) is 8.51. The molecule has 1 N–H and O–H groups in total. The van der Waals surface area contributed by atoms with Gasteiger partial charge in [0, 0.05) is 44.8 Å². The quantitative estimate of drug-likeness (QED) is 0.926. The highest BCUT2D eigenvalue weighted by Gasteiger charge is 2.26. The summed E-state index contributed by atoms with van der Waals surface area (Å²) < 4.78 is 0. The zero-order chi connectivity index (χ0) is 15.5. The summed E-state index contributed by atoms with van der Waals surface area (Å²) in [4.78, 5) is 17.2. The van der Waals surface area contributed by atoms with E-state index in [-0.39, 0.29) is 5.91 Å². The predicted octanol–water partition coefficient (Wildman–Crippen LogP) is 2.24. The van der Waals surface area contributed by atoms with Gasteiger partial charge in [0.15, 0.2) is 0 Å². The van der Waals surface area contributed by atoms with E-state index in [1.54, 1.807) is 0 Å². The molecule has 120 valence electrons. The smallest absolute Gasteiger partial charge is 0.253 e. The van der Waals surface area contributed by atoms with Crippen molar-refractivity contribution in [2.45, 2.75) is 45.3 Å². The van der Waals surface area contributed by atoms with Crippen molar-refractivity contribution in [1.82, 2.24) is 15.1 Å². The van der Waals surface area contributed by atoms with Crippen LogP contribution < -0.4 is 5.32 Å². The van der Waals surface area contributed by atoms with Crippen LogP contribution in [0.25, 0.3) is 0 Å². The van der Waals surface area contributed by atoms with Gasteiger partial charge in [0.05, 0.1) is 0 Å². The molecule has 1 fully saturated rings. The second kappa shape index (κ2) is 6.80. The Morgan fingerprint density at radius 1 is 1.27 bits per heavy atom. The van der Waals surface area contributed by atoms with E-state index >= 15 is 0 Å². The lowest BCUT2D eigenvalue weighted by molar-refractivity contribution is 0.0642. The molecule has 2 aliphatic heterocycles. The molecule has 4 heteroatoms. The third-order valence-electron chi connectivity index (χ3n) is 5.05. The fourth-order valence-corrected chi connectivity index (χ4v) is 3.64. The summed E-state index contributed by atoms with van der Waals surface area (Å²) in [6, 6.07) is 6.53. The number of benzene rings is 1. The number of fused-ring (bicyclic) bond motifs is 1. The van der Waals surface area contributed by atoms with Crippen LogP contribution >= 0.6 is 0 Å². The first-order valence-corrected chi connectivity index (χ1v) is 8.51. The molecule has 0 aromatic heterocycles. The summed E-state index contributed by atoms with van der Waals surface area (Å²) in [5.74, 6) is 0.170. The van der Waals surface area contributed by atoms with E-state index in [4.69, 9.17) is 0 Å². The zero-order valence-electron chi connectivity index (χ0n) is 13.8. The van der Waals surface area contributed by atoms with E-state index in [1.165, 1.54) is 24.1 Å². The first-order chi connectivity index (χ1) is 10.7. The molecule has 1 aromatic carbocycles. The van der Waals surface area contributed by atoms with Crippen molar-refractivity contribution in [3.8, 4) is 0 Å². The molecule has 0 bridgehead atoms. The van der Waals surface area contributed by atoms with Crippen molar-refractivity contribution in [3.05, 3.63) is 34.9 Å². The Morgan fingerprint density at radius 3 is 2.73 bits per heavy atom. The zero-order valence-corrected chi connectivity index (χ0v) is 13.8. The van der Waals surface area contributed by atoms with Gasteiger partial charge in [-0.05, 0) is 49.1 Å². The Kier molecular flexibility index (Phi) is 4.79. The number of rotatable bonds is 4. The van der Waals surface area contributed by atoms with Gasteiger partial charge in [0.1, 0.15) is 0 Å². The molecule has 1 amide bonds. The summed E-state index contributed by atoms with van der Waals surface area (Å²) >= 11 is 0. The number of amides is 1.